The Balaban J connectivity index is 1.45. The van der Waals surface area contributed by atoms with Gasteiger partial charge >= 0.3 is 0 Å². The van der Waals surface area contributed by atoms with Crippen molar-refractivity contribution in [2.75, 3.05) is 31.1 Å². The molecule has 0 saturated carbocycles. The first-order valence-corrected chi connectivity index (χ1v) is 9.88. The molecule has 1 atom stereocenters. The highest BCUT2D eigenvalue weighted by Gasteiger charge is 2.41. The van der Waals surface area contributed by atoms with Crippen LogP contribution in [0.15, 0.2) is 42.5 Å². The lowest BCUT2D eigenvalue weighted by Crippen LogP contribution is -2.55. The van der Waals surface area contributed by atoms with Gasteiger partial charge in [0.1, 0.15) is 12.4 Å². The molecule has 0 radical (unpaired) electrons. The number of ether oxygens (including phenoxy) is 1. The lowest BCUT2D eigenvalue weighted by Gasteiger charge is -2.42. The van der Waals surface area contributed by atoms with Crippen molar-refractivity contribution in [1.82, 2.24) is 9.88 Å². The summed E-state index contributed by atoms with van der Waals surface area (Å²) in [6.45, 7) is 5.23. The minimum absolute atomic E-state index is 0.0515. The maximum atomic E-state index is 13.7. The van der Waals surface area contributed by atoms with E-state index in [0.717, 1.165) is 50.3 Å². The Morgan fingerprint density at radius 3 is 2.86 bits per heavy atom. The van der Waals surface area contributed by atoms with E-state index in [1.54, 1.807) is 17.0 Å². The van der Waals surface area contributed by atoms with Gasteiger partial charge in [0.2, 0.25) is 0 Å². The Kier molecular flexibility index (Phi) is 5.42. The number of carbonyl (C=O) groups is 1. The van der Waals surface area contributed by atoms with Crippen LogP contribution in [0.4, 0.5) is 10.1 Å². The Morgan fingerprint density at radius 1 is 1.18 bits per heavy atom. The first-order valence-electron chi connectivity index (χ1n) is 9.88. The fourth-order valence-electron chi connectivity index (χ4n) is 4.19. The molecule has 0 N–H and O–H groups in total. The third-order valence-corrected chi connectivity index (χ3v) is 5.69. The molecule has 2 aliphatic rings. The summed E-state index contributed by atoms with van der Waals surface area (Å²) in [6.07, 6.45) is 2.73. The SMILES string of the molecule is Cc1cccc(CN2CCCC3(CC2)CN(c2cccc(F)c2)C(=O)CO3)n1. The third kappa shape index (κ3) is 4.23. The van der Waals surface area contributed by atoms with Crippen LogP contribution in [-0.2, 0) is 16.1 Å². The zero-order chi connectivity index (χ0) is 19.6. The van der Waals surface area contributed by atoms with Crippen LogP contribution in [0.2, 0.25) is 0 Å². The first-order chi connectivity index (χ1) is 13.5. The van der Waals surface area contributed by atoms with Gasteiger partial charge in [-0.3, -0.25) is 14.7 Å². The molecule has 2 aromatic rings. The second-order valence-corrected chi connectivity index (χ2v) is 7.83. The van der Waals surface area contributed by atoms with Crippen LogP contribution in [0, 0.1) is 12.7 Å². The number of morpholine rings is 1. The van der Waals surface area contributed by atoms with Crippen LogP contribution in [0.3, 0.4) is 0 Å². The van der Waals surface area contributed by atoms with Crippen LogP contribution in [0.25, 0.3) is 0 Å². The van der Waals surface area contributed by atoms with Gasteiger partial charge in [-0.15, -0.1) is 0 Å². The largest absolute Gasteiger partial charge is 0.363 e. The van der Waals surface area contributed by atoms with Crippen molar-refractivity contribution in [3.8, 4) is 0 Å². The van der Waals surface area contributed by atoms with Gasteiger partial charge in [0.25, 0.3) is 5.91 Å². The second-order valence-electron chi connectivity index (χ2n) is 7.83. The summed E-state index contributed by atoms with van der Waals surface area (Å²) in [5.41, 5.74) is 2.35. The highest BCUT2D eigenvalue weighted by Crippen LogP contribution is 2.33. The Hall–Kier alpha value is -2.31. The lowest BCUT2D eigenvalue weighted by atomic mass is 9.92. The zero-order valence-corrected chi connectivity index (χ0v) is 16.2. The highest BCUT2D eigenvalue weighted by molar-refractivity contribution is 5.95. The van der Waals surface area contributed by atoms with Crippen molar-refractivity contribution >= 4 is 11.6 Å². The summed E-state index contributed by atoms with van der Waals surface area (Å²) in [6, 6.07) is 12.4. The van der Waals surface area contributed by atoms with Gasteiger partial charge in [0, 0.05) is 24.5 Å². The lowest BCUT2D eigenvalue weighted by molar-refractivity contribution is -0.140. The number of aryl methyl sites for hydroxylation is 1. The van der Waals surface area contributed by atoms with E-state index in [1.807, 2.05) is 19.1 Å². The van der Waals surface area contributed by atoms with E-state index in [1.165, 1.54) is 12.1 Å². The number of rotatable bonds is 3. The van der Waals surface area contributed by atoms with Crippen molar-refractivity contribution in [1.29, 1.82) is 0 Å². The van der Waals surface area contributed by atoms with E-state index in [4.69, 9.17) is 4.74 Å². The minimum atomic E-state index is -0.366. The minimum Gasteiger partial charge on any atom is -0.363 e. The number of amides is 1. The van der Waals surface area contributed by atoms with Crippen molar-refractivity contribution < 1.29 is 13.9 Å². The summed E-state index contributed by atoms with van der Waals surface area (Å²) in [5, 5.41) is 0. The molecule has 5 nitrogen and oxygen atoms in total. The van der Waals surface area contributed by atoms with E-state index in [2.05, 4.69) is 16.0 Å². The van der Waals surface area contributed by atoms with Gasteiger partial charge in [-0.25, -0.2) is 4.39 Å². The number of carbonyl (C=O) groups excluding carboxylic acids is 1. The molecule has 6 heteroatoms. The van der Waals surface area contributed by atoms with Gasteiger partial charge in [-0.2, -0.15) is 0 Å². The molecule has 1 unspecified atom stereocenters. The molecule has 2 saturated heterocycles. The summed E-state index contributed by atoms with van der Waals surface area (Å²) >= 11 is 0. The number of likely N-dealkylation sites (tertiary alicyclic amines) is 1. The first kappa shape index (κ1) is 19.0. The van der Waals surface area contributed by atoms with Gasteiger partial charge in [-0.1, -0.05) is 12.1 Å². The van der Waals surface area contributed by atoms with Crippen molar-refractivity contribution in [3.63, 3.8) is 0 Å². The molecule has 1 amide bonds. The smallest absolute Gasteiger partial charge is 0.253 e. The summed E-state index contributed by atoms with van der Waals surface area (Å²) in [4.78, 5) is 21.1. The molecule has 0 bridgehead atoms. The van der Waals surface area contributed by atoms with Gasteiger partial charge in [0.05, 0.1) is 17.8 Å². The molecule has 1 spiro atoms. The summed E-state index contributed by atoms with van der Waals surface area (Å²) in [7, 11) is 0. The topological polar surface area (TPSA) is 45.7 Å². The molecule has 1 aromatic carbocycles. The molecule has 2 fully saturated rings. The monoisotopic (exact) mass is 383 g/mol. The Morgan fingerprint density at radius 2 is 2.04 bits per heavy atom. The number of nitrogens with zero attached hydrogens (tertiary/aromatic N) is 3. The van der Waals surface area contributed by atoms with Crippen molar-refractivity contribution in [2.24, 2.45) is 0 Å². The van der Waals surface area contributed by atoms with E-state index in [9.17, 15) is 9.18 Å². The van der Waals surface area contributed by atoms with Crippen LogP contribution in [0.5, 0.6) is 0 Å². The molecule has 148 valence electrons. The molecule has 2 aliphatic heterocycles. The van der Waals surface area contributed by atoms with E-state index < -0.39 is 0 Å². The number of hydrogen-bond donors (Lipinski definition) is 0. The normalized spacial score (nSPS) is 23.8. The zero-order valence-electron chi connectivity index (χ0n) is 16.2. The molecule has 4 rings (SSSR count). The van der Waals surface area contributed by atoms with Gasteiger partial charge in [0.15, 0.2) is 0 Å². The number of pyridine rings is 1. The van der Waals surface area contributed by atoms with E-state index in [0.29, 0.717) is 12.2 Å². The molecule has 3 heterocycles. The number of aromatic nitrogens is 1. The van der Waals surface area contributed by atoms with Crippen molar-refractivity contribution in [3.05, 3.63) is 59.7 Å². The third-order valence-electron chi connectivity index (χ3n) is 5.69. The van der Waals surface area contributed by atoms with Gasteiger partial charge in [-0.05, 0) is 63.1 Å². The van der Waals surface area contributed by atoms with Crippen LogP contribution in [-0.4, -0.2) is 47.6 Å². The molecule has 0 aliphatic carbocycles. The second kappa shape index (κ2) is 7.97. The fourth-order valence-corrected chi connectivity index (χ4v) is 4.19. The van der Waals surface area contributed by atoms with Crippen LogP contribution >= 0.6 is 0 Å². The predicted molar refractivity (Wildman–Crippen MR) is 106 cm³/mol. The van der Waals surface area contributed by atoms with Crippen molar-refractivity contribution in [2.45, 2.75) is 38.3 Å². The van der Waals surface area contributed by atoms with Crippen LogP contribution in [0.1, 0.15) is 30.7 Å². The molecular formula is C22H26FN3O2. The Bertz CT molecular complexity index is 859. The molecule has 1 aromatic heterocycles. The maximum absolute atomic E-state index is 13.7. The average molecular weight is 383 g/mol. The quantitative estimate of drug-likeness (QED) is 0.816. The van der Waals surface area contributed by atoms with E-state index >= 15 is 0 Å². The summed E-state index contributed by atoms with van der Waals surface area (Å²) in [5.74, 6) is -0.440. The highest BCUT2D eigenvalue weighted by atomic mass is 19.1. The molecular weight excluding hydrogens is 357 g/mol. The Labute approximate surface area is 165 Å². The predicted octanol–water partition coefficient (Wildman–Crippen LogP) is 3.32. The van der Waals surface area contributed by atoms with Gasteiger partial charge < -0.3 is 9.64 Å². The number of benzene rings is 1. The number of anilines is 1. The molecule has 28 heavy (non-hydrogen) atoms. The average Bonchev–Trinajstić information content (AvgIpc) is 2.87. The number of halogens is 1. The fraction of sp³-hybridized carbons (Fsp3) is 0.455. The maximum Gasteiger partial charge on any atom is 0.253 e. The summed E-state index contributed by atoms with van der Waals surface area (Å²) < 4.78 is 19.7. The standard InChI is InChI=1S/C22H26FN3O2/c1-17-5-2-7-19(24-17)14-25-11-4-9-22(10-12-25)16-26(21(27)15-28-22)20-8-3-6-18(23)13-20/h2-3,5-8,13H,4,9-12,14-16H2,1H3. The van der Waals surface area contributed by atoms with Crippen LogP contribution < -0.4 is 4.90 Å². The van der Waals surface area contributed by atoms with E-state index in [-0.39, 0.29) is 23.9 Å². The number of hydrogen-bond acceptors (Lipinski definition) is 4.